The molecule has 6 heteroatoms. The van der Waals surface area contributed by atoms with Gasteiger partial charge in [-0.05, 0) is 69.2 Å². The van der Waals surface area contributed by atoms with Gasteiger partial charge < -0.3 is 10.1 Å². The number of allylic oxidation sites excluding steroid dienone is 2. The van der Waals surface area contributed by atoms with Gasteiger partial charge in [-0.15, -0.1) is 0 Å². The van der Waals surface area contributed by atoms with Crippen molar-refractivity contribution in [3.63, 3.8) is 0 Å². The summed E-state index contributed by atoms with van der Waals surface area (Å²) in [7, 11) is 0. The number of nitrogens with zero attached hydrogens (tertiary/aromatic N) is 3. The molecule has 0 saturated heterocycles. The van der Waals surface area contributed by atoms with Crippen LogP contribution in [-0.4, -0.2) is 26.7 Å². The van der Waals surface area contributed by atoms with Crippen LogP contribution in [0.4, 0.5) is 10.1 Å². The number of fused-ring (bicyclic) bond motifs is 4. The van der Waals surface area contributed by atoms with Crippen LogP contribution in [0.1, 0.15) is 70.3 Å². The monoisotopic (exact) mass is 422 g/mol. The molecule has 1 atom stereocenters. The molecule has 1 unspecified atom stereocenters. The van der Waals surface area contributed by atoms with Crippen LogP contribution in [0.15, 0.2) is 48.6 Å². The third-order valence-corrected chi connectivity index (χ3v) is 7.02. The minimum Gasteiger partial charge on any atom is -0.371 e. The number of hydrogen-bond donors (Lipinski definition) is 1. The van der Waals surface area contributed by atoms with Gasteiger partial charge in [-0.2, -0.15) is 0 Å². The lowest BCUT2D eigenvalue weighted by molar-refractivity contribution is -0.0237. The van der Waals surface area contributed by atoms with E-state index in [-0.39, 0.29) is 11.4 Å². The summed E-state index contributed by atoms with van der Waals surface area (Å²) in [6.07, 6.45) is 13.7. The molecule has 0 radical (unpaired) electrons. The Morgan fingerprint density at radius 3 is 2.84 bits per heavy atom. The molecule has 3 heterocycles. The summed E-state index contributed by atoms with van der Waals surface area (Å²) in [5.41, 5.74) is 1.63. The lowest BCUT2D eigenvalue weighted by atomic mass is 9.74. The molecule has 5 rings (SSSR count). The number of pyridine rings is 1. The molecule has 1 fully saturated rings. The Morgan fingerprint density at radius 1 is 1.29 bits per heavy atom. The zero-order chi connectivity index (χ0) is 21.6. The molecule has 1 N–H and O–H groups in total. The fourth-order valence-electron chi connectivity index (χ4n) is 5.26. The second-order valence-corrected chi connectivity index (χ2v) is 9.78. The molecule has 2 aromatic rings. The van der Waals surface area contributed by atoms with Crippen LogP contribution in [-0.2, 0) is 10.3 Å². The summed E-state index contributed by atoms with van der Waals surface area (Å²) in [5.74, 6) is 2.60. The van der Waals surface area contributed by atoms with E-state index in [0.717, 1.165) is 49.4 Å². The maximum atomic E-state index is 13.7. The number of anilines is 1. The molecular weight excluding hydrogens is 391 g/mol. The van der Waals surface area contributed by atoms with Crippen molar-refractivity contribution in [2.75, 3.05) is 11.9 Å². The minimum absolute atomic E-state index is 0.129. The molecule has 0 bridgehead atoms. The van der Waals surface area contributed by atoms with Crippen LogP contribution < -0.4 is 5.32 Å². The summed E-state index contributed by atoms with van der Waals surface area (Å²) in [6, 6.07) is 4.10. The van der Waals surface area contributed by atoms with Gasteiger partial charge in [0.15, 0.2) is 5.82 Å². The number of aromatic nitrogens is 3. The third-order valence-electron chi connectivity index (χ3n) is 7.02. The van der Waals surface area contributed by atoms with Gasteiger partial charge in [0.25, 0.3) is 0 Å². The predicted octanol–water partition coefficient (Wildman–Crippen LogP) is 5.79. The standard InChI is InChI=1S/C25H31FN4O/c1-17(2)22-28-15-21-25(29-20-7-5-13-27-23(20)30(21)22)11-8-18(9-12-25)16-31-24(3)10-4-6-19(26)14-24/h4-7,13-15,17-18,29H,8-12,16H2,1-3H3. The van der Waals surface area contributed by atoms with E-state index in [2.05, 4.69) is 34.8 Å². The molecule has 5 nitrogen and oxygen atoms in total. The number of rotatable bonds is 4. The van der Waals surface area contributed by atoms with E-state index in [1.54, 1.807) is 6.08 Å². The van der Waals surface area contributed by atoms with E-state index in [9.17, 15) is 4.39 Å². The predicted molar refractivity (Wildman–Crippen MR) is 120 cm³/mol. The van der Waals surface area contributed by atoms with Gasteiger partial charge >= 0.3 is 0 Å². The van der Waals surface area contributed by atoms with Gasteiger partial charge in [0.05, 0.1) is 35.3 Å². The Morgan fingerprint density at radius 2 is 2.10 bits per heavy atom. The molecule has 1 saturated carbocycles. The Kier molecular flexibility index (Phi) is 5.00. The van der Waals surface area contributed by atoms with Crippen molar-refractivity contribution in [3.05, 3.63) is 60.1 Å². The van der Waals surface area contributed by atoms with Crippen molar-refractivity contribution in [2.24, 2.45) is 5.92 Å². The van der Waals surface area contributed by atoms with Crippen molar-refractivity contribution in [1.82, 2.24) is 14.5 Å². The highest BCUT2D eigenvalue weighted by Gasteiger charge is 2.44. The molecule has 3 aliphatic rings. The Bertz CT molecular complexity index is 1030. The summed E-state index contributed by atoms with van der Waals surface area (Å²) in [4.78, 5) is 9.45. The van der Waals surface area contributed by atoms with Crippen LogP contribution in [0.3, 0.4) is 0 Å². The largest absolute Gasteiger partial charge is 0.371 e. The average molecular weight is 423 g/mol. The second kappa shape index (κ2) is 7.59. The highest BCUT2D eigenvalue weighted by Crippen LogP contribution is 2.47. The van der Waals surface area contributed by atoms with E-state index in [0.29, 0.717) is 18.4 Å². The van der Waals surface area contributed by atoms with Crippen molar-refractivity contribution < 1.29 is 9.13 Å². The van der Waals surface area contributed by atoms with Crippen LogP contribution >= 0.6 is 0 Å². The Hall–Kier alpha value is -2.47. The number of hydrogen-bond acceptors (Lipinski definition) is 4. The first-order chi connectivity index (χ1) is 14.9. The third kappa shape index (κ3) is 3.61. The fourth-order valence-corrected chi connectivity index (χ4v) is 5.26. The number of halogens is 1. The summed E-state index contributed by atoms with van der Waals surface area (Å²) < 4.78 is 22.2. The van der Waals surface area contributed by atoms with Gasteiger partial charge in [0.1, 0.15) is 11.7 Å². The summed E-state index contributed by atoms with van der Waals surface area (Å²) >= 11 is 0. The van der Waals surface area contributed by atoms with Crippen LogP contribution in [0.2, 0.25) is 0 Å². The van der Waals surface area contributed by atoms with Gasteiger partial charge in [-0.1, -0.05) is 19.9 Å². The zero-order valence-electron chi connectivity index (χ0n) is 18.6. The topological polar surface area (TPSA) is 52.0 Å². The van der Waals surface area contributed by atoms with Crippen LogP contribution in [0.25, 0.3) is 5.82 Å². The van der Waals surface area contributed by atoms with E-state index in [1.165, 1.54) is 11.8 Å². The van der Waals surface area contributed by atoms with Crippen LogP contribution in [0.5, 0.6) is 0 Å². The normalized spacial score (nSPS) is 29.5. The lowest BCUT2D eigenvalue weighted by Gasteiger charge is -2.45. The van der Waals surface area contributed by atoms with E-state index < -0.39 is 5.60 Å². The zero-order valence-corrected chi connectivity index (χ0v) is 18.6. The molecule has 2 aromatic heterocycles. The van der Waals surface area contributed by atoms with Gasteiger partial charge in [-0.25, -0.2) is 14.4 Å². The molecule has 164 valence electrons. The lowest BCUT2D eigenvalue weighted by Crippen LogP contribution is -2.44. The highest BCUT2D eigenvalue weighted by atomic mass is 19.1. The number of ether oxygens (including phenoxy) is 1. The molecule has 1 spiro atoms. The van der Waals surface area contributed by atoms with Crippen molar-refractivity contribution in [3.8, 4) is 5.82 Å². The van der Waals surface area contributed by atoms with Crippen molar-refractivity contribution in [2.45, 2.75) is 69.9 Å². The fraction of sp³-hybridized carbons (Fsp3) is 0.520. The van der Waals surface area contributed by atoms with Gasteiger partial charge in [0, 0.05) is 12.1 Å². The smallest absolute Gasteiger partial charge is 0.161 e. The summed E-state index contributed by atoms with van der Waals surface area (Å²) in [6.45, 7) is 7.00. The van der Waals surface area contributed by atoms with Gasteiger partial charge in [-0.3, -0.25) is 4.57 Å². The molecule has 0 aromatic carbocycles. The first-order valence-corrected chi connectivity index (χ1v) is 11.4. The van der Waals surface area contributed by atoms with Crippen molar-refractivity contribution >= 4 is 5.69 Å². The Labute approximate surface area is 183 Å². The molecule has 1 aliphatic heterocycles. The number of imidazole rings is 1. The Balaban J connectivity index is 1.34. The molecular formula is C25H31FN4O. The molecule has 2 aliphatic carbocycles. The highest BCUT2D eigenvalue weighted by molar-refractivity contribution is 5.63. The summed E-state index contributed by atoms with van der Waals surface area (Å²) in [5, 5.41) is 3.83. The van der Waals surface area contributed by atoms with Gasteiger partial charge in [0.2, 0.25) is 0 Å². The maximum absolute atomic E-state index is 13.7. The first-order valence-electron chi connectivity index (χ1n) is 11.4. The molecule has 0 amide bonds. The maximum Gasteiger partial charge on any atom is 0.161 e. The number of nitrogens with one attached hydrogen (secondary N) is 1. The minimum atomic E-state index is -0.535. The first kappa shape index (κ1) is 20.4. The van der Waals surface area contributed by atoms with Crippen LogP contribution in [0, 0.1) is 5.92 Å². The average Bonchev–Trinajstić information content (AvgIpc) is 3.20. The second-order valence-electron chi connectivity index (χ2n) is 9.78. The van der Waals surface area contributed by atoms with E-state index in [4.69, 9.17) is 9.72 Å². The van der Waals surface area contributed by atoms with Crippen molar-refractivity contribution in [1.29, 1.82) is 0 Å². The van der Waals surface area contributed by atoms with E-state index in [1.807, 2.05) is 31.5 Å². The SMILES string of the molecule is CC(C)c1ncc2n1-c1ncccc1NC21CCC(COC2(C)C=C(F)C=CC2)CC1. The van der Waals surface area contributed by atoms with E-state index >= 15 is 0 Å². The quantitative estimate of drug-likeness (QED) is 0.677. The molecule has 31 heavy (non-hydrogen) atoms.